The summed E-state index contributed by atoms with van der Waals surface area (Å²) in [6.07, 6.45) is 4.21. The van der Waals surface area contributed by atoms with Crippen molar-refractivity contribution in [1.82, 2.24) is 10.3 Å². The first-order valence-electron chi connectivity index (χ1n) is 8.36. The van der Waals surface area contributed by atoms with E-state index in [4.69, 9.17) is 0 Å². The van der Waals surface area contributed by atoms with Crippen molar-refractivity contribution in [3.63, 3.8) is 0 Å². The van der Waals surface area contributed by atoms with Crippen LogP contribution in [0.3, 0.4) is 0 Å². The van der Waals surface area contributed by atoms with Gasteiger partial charge in [0.15, 0.2) is 9.84 Å². The molecule has 1 aromatic heterocycles. The molecular weight excluding hydrogens is 357 g/mol. The number of nitrogens with zero attached hydrogens (tertiary/aromatic N) is 1. The van der Waals surface area contributed by atoms with Crippen LogP contribution in [0.5, 0.6) is 0 Å². The highest BCUT2D eigenvalue weighted by Crippen LogP contribution is 2.14. The molecule has 0 bridgehead atoms. The summed E-state index contributed by atoms with van der Waals surface area (Å²) >= 11 is 0. The van der Waals surface area contributed by atoms with Crippen molar-refractivity contribution >= 4 is 21.4 Å². The maximum atomic E-state index is 12.9. The second-order valence-corrected chi connectivity index (χ2v) is 8.57. The number of hydrogen-bond donors (Lipinski definition) is 2. The lowest BCUT2D eigenvalue weighted by Crippen LogP contribution is -2.35. The van der Waals surface area contributed by atoms with E-state index in [1.54, 1.807) is 24.4 Å². The third kappa shape index (κ3) is 5.01. The van der Waals surface area contributed by atoms with E-state index in [9.17, 15) is 17.6 Å². The molecule has 1 aliphatic rings. The first-order valence-corrected chi connectivity index (χ1v) is 10.2. The zero-order valence-corrected chi connectivity index (χ0v) is 14.9. The van der Waals surface area contributed by atoms with E-state index in [2.05, 4.69) is 15.6 Å². The second kappa shape index (κ2) is 7.82. The van der Waals surface area contributed by atoms with E-state index in [1.165, 1.54) is 18.3 Å². The highest BCUT2D eigenvalue weighted by Gasteiger charge is 2.29. The lowest BCUT2D eigenvalue weighted by molar-refractivity contribution is 0.0941. The molecule has 0 aliphatic carbocycles. The monoisotopic (exact) mass is 377 g/mol. The molecule has 6 nitrogen and oxygen atoms in total. The lowest BCUT2D eigenvalue weighted by Gasteiger charge is -2.12. The minimum atomic E-state index is -3.04. The van der Waals surface area contributed by atoms with Gasteiger partial charge in [0, 0.05) is 25.0 Å². The average molecular weight is 377 g/mol. The molecule has 8 heteroatoms. The van der Waals surface area contributed by atoms with Gasteiger partial charge in [-0.2, -0.15) is 0 Å². The Morgan fingerprint density at radius 2 is 2.00 bits per heavy atom. The summed E-state index contributed by atoms with van der Waals surface area (Å²) in [7, 11) is -3.04. The van der Waals surface area contributed by atoms with Crippen molar-refractivity contribution in [3.8, 4) is 0 Å². The van der Waals surface area contributed by atoms with Gasteiger partial charge in [-0.15, -0.1) is 0 Å². The van der Waals surface area contributed by atoms with Gasteiger partial charge in [-0.05, 0) is 36.6 Å². The number of hydrogen-bond acceptors (Lipinski definition) is 5. The number of sulfone groups is 1. The Kier molecular flexibility index (Phi) is 5.51. The van der Waals surface area contributed by atoms with E-state index in [0.29, 0.717) is 30.6 Å². The summed E-state index contributed by atoms with van der Waals surface area (Å²) in [6.45, 7) is 0.610. The Morgan fingerprint density at radius 3 is 2.69 bits per heavy atom. The second-order valence-electron chi connectivity index (χ2n) is 6.34. The first kappa shape index (κ1) is 18.3. The van der Waals surface area contributed by atoms with Crippen LogP contribution in [0.1, 0.15) is 22.3 Å². The van der Waals surface area contributed by atoms with Crippen LogP contribution in [-0.4, -0.2) is 43.4 Å². The fourth-order valence-electron chi connectivity index (χ4n) is 2.84. The molecule has 26 heavy (non-hydrogen) atoms. The minimum absolute atomic E-state index is 0.0121. The van der Waals surface area contributed by atoms with Gasteiger partial charge >= 0.3 is 0 Å². The molecule has 3 rings (SSSR count). The van der Waals surface area contributed by atoms with E-state index in [1.807, 2.05) is 0 Å². The zero-order valence-electron chi connectivity index (χ0n) is 14.1. The largest absolute Gasteiger partial charge is 0.383 e. The molecular formula is C18H20FN3O3S. The van der Waals surface area contributed by atoms with Crippen molar-refractivity contribution in [2.75, 3.05) is 23.4 Å². The van der Waals surface area contributed by atoms with Crippen molar-refractivity contribution in [3.05, 3.63) is 59.7 Å². The molecule has 0 saturated carbocycles. The number of benzene rings is 1. The number of anilines is 1. The van der Waals surface area contributed by atoms with Crippen molar-refractivity contribution < 1.29 is 17.6 Å². The number of carbonyl (C=O) groups excluding carboxylic acids is 1. The van der Waals surface area contributed by atoms with Gasteiger partial charge in [-0.25, -0.2) is 12.8 Å². The summed E-state index contributed by atoms with van der Waals surface area (Å²) < 4.78 is 35.8. The highest BCUT2D eigenvalue weighted by atomic mass is 32.2. The molecule has 138 valence electrons. The Hall–Kier alpha value is -2.48. The molecule has 1 atom stereocenters. The smallest absolute Gasteiger partial charge is 0.253 e. The topological polar surface area (TPSA) is 88.2 Å². The van der Waals surface area contributed by atoms with Crippen LogP contribution >= 0.6 is 0 Å². The lowest BCUT2D eigenvalue weighted by atomic mass is 10.1. The Labute approximate surface area is 151 Å². The molecule has 1 aliphatic heterocycles. The van der Waals surface area contributed by atoms with Crippen LogP contribution in [0.15, 0.2) is 42.7 Å². The number of nitrogens with one attached hydrogen (secondary N) is 2. The van der Waals surface area contributed by atoms with E-state index >= 15 is 0 Å². The zero-order chi connectivity index (χ0) is 18.6. The molecule has 2 heterocycles. The Bertz CT molecular complexity index is 885. The number of halogens is 1. The van der Waals surface area contributed by atoms with Crippen LogP contribution in [-0.2, 0) is 16.3 Å². The summed E-state index contributed by atoms with van der Waals surface area (Å²) in [6, 6.07) is 7.64. The van der Waals surface area contributed by atoms with Gasteiger partial charge in [0.05, 0.1) is 22.8 Å². The van der Waals surface area contributed by atoms with Gasteiger partial charge in [-0.1, -0.05) is 12.1 Å². The van der Waals surface area contributed by atoms with E-state index in [-0.39, 0.29) is 29.3 Å². The number of rotatable bonds is 6. The standard InChI is InChI=1S/C18H20FN3O3S/c19-15-3-1-13(2-4-15)5-7-21-17-9-14(10-20-11-17)18(23)22-16-6-8-26(24,25)12-16/h1-4,9-11,16,21H,5-8,12H2,(H,22,23). The molecule has 1 saturated heterocycles. The number of aromatic nitrogens is 1. The number of pyridine rings is 1. The molecule has 1 unspecified atom stereocenters. The first-order chi connectivity index (χ1) is 12.4. The van der Waals surface area contributed by atoms with Crippen LogP contribution in [0.25, 0.3) is 0 Å². The van der Waals surface area contributed by atoms with Crippen molar-refractivity contribution in [2.45, 2.75) is 18.9 Å². The van der Waals surface area contributed by atoms with Crippen molar-refractivity contribution in [2.24, 2.45) is 0 Å². The predicted octanol–water partition coefficient (Wildman–Crippen LogP) is 1.79. The SMILES string of the molecule is O=C(NC1CCS(=O)(=O)C1)c1cncc(NCCc2ccc(F)cc2)c1. The van der Waals surface area contributed by atoms with Crippen LogP contribution < -0.4 is 10.6 Å². The molecule has 0 radical (unpaired) electrons. The van der Waals surface area contributed by atoms with Crippen molar-refractivity contribution in [1.29, 1.82) is 0 Å². The van der Waals surface area contributed by atoms with Crippen LogP contribution in [0.2, 0.25) is 0 Å². The minimum Gasteiger partial charge on any atom is -0.383 e. The summed E-state index contributed by atoms with van der Waals surface area (Å²) in [5.74, 6) is -0.496. The predicted molar refractivity (Wildman–Crippen MR) is 97.4 cm³/mol. The summed E-state index contributed by atoms with van der Waals surface area (Å²) in [5.41, 5.74) is 2.07. The van der Waals surface area contributed by atoms with Crippen LogP contribution in [0, 0.1) is 5.82 Å². The van der Waals surface area contributed by atoms with Gasteiger partial charge in [-0.3, -0.25) is 9.78 Å². The maximum absolute atomic E-state index is 12.9. The molecule has 2 N–H and O–H groups in total. The molecule has 1 aromatic carbocycles. The van der Waals surface area contributed by atoms with Crippen LogP contribution in [0.4, 0.5) is 10.1 Å². The quantitative estimate of drug-likeness (QED) is 0.801. The summed E-state index contributed by atoms with van der Waals surface area (Å²) in [5, 5.41) is 5.92. The molecule has 1 amide bonds. The summed E-state index contributed by atoms with van der Waals surface area (Å²) in [4.78, 5) is 16.3. The molecule has 1 fully saturated rings. The maximum Gasteiger partial charge on any atom is 0.253 e. The fourth-order valence-corrected chi connectivity index (χ4v) is 4.51. The number of carbonyl (C=O) groups is 1. The van der Waals surface area contributed by atoms with Gasteiger partial charge in [0.25, 0.3) is 5.91 Å². The van der Waals surface area contributed by atoms with Gasteiger partial charge in [0.2, 0.25) is 0 Å². The normalized spacial score (nSPS) is 18.4. The van der Waals surface area contributed by atoms with Gasteiger partial charge < -0.3 is 10.6 Å². The molecule has 2 aromatic rings. The highest BCUT2D eigenvalue weighted by molar-refractivity contribution is 7.91. The fraction of sp³-hybridized carbons (Fsp3) is 0.333. The Balaban J connectivity index is 1.54. The van der Waals surface area contributed by atoms with E-state index < -0.39 is 9.84 Å². The third-order valence-corrected chi connectivity index (χ3v) is 5.99. The average Bonchev–Trinajstić information content (AvgIpc) is 2.95. The third-order valence-electron chi connectivity index (χ3n) is 4.22. The molecule has 0 spiro atoms. The Morgan fingerprint density at radius 1 is 1.23 bits per heavy atom. The van der Waals surface area contributed by atoms with Gasteiger partial charge in [0.1, 0.15) is 5.82 Å². The number of amides is 1. The van der Waals surface area contributed by atoms with E-state index in [0.717, 1.165) is 5.56 Å².